The molecule has 7 heteroatoms. The zero-order valence-corrected chi connectivity index (χ0v) is 15.2. The summed E-state index contributed by atoms with van der Waals surface area (Å²) in [6, 6.07) is 5.56. The number of nitrogens with one attached hydrogen (secondary N) is 2. The lowest BCUT2D eigenvalue weighted by atomic mass is 9.78. The smallest absolute Gasteiger partial charge is 0.224 e. The molecule has 1 saturated carbocycles. The molecular formula is C19H26N4O3. The van der Waals surface area contributed by atoms with Gasteiger partial charge in [-0.25, -0.2) is 4.63 Å². The molecule has 1 heterocycles. The van der Waals surface area contributed by atoms with Gasteiger partial charge >= 0.3 is 0 Å². The summed E-state index contributed by atoms with van der Waals surface area (Å²) < 4.78 is 4.69. The second-order valence-electron chi connectivity index (χ2n) is 6.95. The van der Waals surface area contributed by atoms with E-state index in [4.69, 9.17) is 0 Å². The highest BCUT2D eigenvalue weighted by Gasteiger charge is 2.35. The number of benzene rings is 1. The van der Waals surface area contributed by atoms with Crippen molar-refractivity contribution in [3.63, 3.8) is 0 Å². The van der Waals surface area contributed by atoms with E-state index in [9.17, 15) is 9.59 Å². The van der Waals surface area contributed by atoms with Crippen molar-refractivity contribution in [2.75, 3.05) is 6.54 Å². The SMILES string of the molecule is CCCCNC(=O)C1CCCCC1C(=O)NCc1ccc2nonc2c1. The van der Waals surface area contributed by atoms with E-state index in [0.29, 0.717) is 24.1 Å². The van der Waals surface area contributed by atoms with Crippen molar-refractivity contribution < 1.29 is 14.2 Å². The fraction of sp³-hybridized carbons (Fsp3) is 0.579. The number of aromatic nitrogens is 2. The van der Waals surface area contributed by atoms with Crippen LogP contribution in [-0.4, -0.2) is 28.7 Å². The summed E-state index contributed by atoms with van der Waals surface area (Å²) in [4.78, 5) is 25.2. The Labute approximate surface area is 152 Å². The lowest BCUT2D eigenvalue weighted by molar-refractivity contribution is -0.136. The number of amides is 2. The topological polar surface area (TPSA) is 97.1 Å². The normalized spacial score (nSPS) is 20.0. The quantitative estimate of drug-likeness (QED) is 0.742. The minimum atomic E-state index is -0.247. The lowest BCUT2D eigenvalue weighted by Crippen LogP contribution is -2.43. The van der Waals surface area contributed by atoms with Crippen LogP contribution in [-0.2, 0) is 16.1 Å². The Morgan fingerprint density at radius 3 is 2.50 bits per heavy atom. The van der Waals surface area contributed by atoms with Crippen molar-refractivity contribution in [3.8, 4) is 0 Å². The van der Waals surface area contributed by atoms with Gasteiger partial charge in [-0.15, -0.1) is 0 Å². The molecule has 0 radical (unpaired) electrons. The first kappa shape index (κ1) is 18.4. The van der Waals surface area contributed by atoms with Gasteiger partial charge in [0.05, 0.1) is 0 Å². The molecule has 140 valence electrons. The molecule has 1 aromatic carbocycles. The predicted octanol–water partition coefficient (Wildman–Crippen LogP) is 2.56. The minimum absolute atomic E-state index is 0.0217. The van der Waals surface area contributed by atoms with Crippen molar-refractivity contribution in [3.05, 3.63) is 23.8 Å². The van der Waals surface area contributed by atoms with E-state index < -0.39 is 0 Å². The number of carbonyl (C=O) groups is 2. The summed E-state index contributed by atoms with van der Waals surface area (Å²) in [6.45, 7) is 3.18. The van der Waals surface area contributed by atoms with Crippen molar-refractivity contribution >= 4 is 22.8 Å². The first-order valence-corrected chi connectivity index (χ1v) is 9.45. The van der Waals surface area contributed by atoms with Crippen LogP contribution in [0.25, 0.3) is 11.0 Å². The van der Waals surface area contributed by atoms with Crippen LogP contribution in [0.5, 0.6) is 0 Å². The number of rotatable bonds is 7. The van der Waals surface area contributed by atoms with Gasteiger partial charge in [-0.2, -0.15) is 0 Å². The second-order valence-corrected chi connectivity index (χ2v) is 6.95. The van der Waals surface area contributed by atoms with Crippen LogP contribution < -0.4 is 10.6 Å². The van der Waals surface area contributed by atoms with Gasteiger partial charge in [-0.05, 0) is 47.3 Å². The molecule has 3 rings (SSSR count). The number of hydrogen-bond acceptors (Lipinski definition) is 5. The highest BCUT2D eigenvalue weighted by atomic mass is 16.6. The van der Waals surface area contributed by atoms with Crippen molar-refractivity contribution in [1.29, 1.82) is 0 Å². The molecule has 0 aliphatic heterocycles. The van der Waals surface area contributed by atoms with E-state index in [2.05, 4.69) is 32.5 Å². The van der Waals surface area contributed by atoms with Gasteiger partial charge in [-0.3, -0.25) is 9.59 Å². The van der Waals surface area contributed by atoms with Crippen LogP contribution in [0.1, 0.15) is 51.0 Å². The largest absolute Gasteiger partial charge is 0.356 e. The maximum Gasteiger partial charge on any atom is 0.224 e. The molecule has 2 unspecified atom stereocenters. The Morgan fingerprint density at radius 2 is 1.77 bits per heavy atom. The van der Waals surface area contributed by atoms with Crippen molar-refractivity contribution in [2.24, 2.45) is 11.8 Å². The Balaban J connectivity index is 1.58. The number of carbonyl (C=O) groups excluding carboxylic acids is 2. The van der Waals surface area contributed by atoms with E-state index in [-0.39, 0.29) is 23.7 Å². The van der Waals surface area contributed by atoms with E-state index in [1.54, 1.807) is 0 Å². The summed E-state index contributed by atoms with van der Waals surface area (Å²) in [6.07, 6.45) is 5.56. The molecule has 1 aromatic heterocycles. The third kappa shape index (κ3) is 4.39. The highest BCUT2D eigenvalue weighted by Crippen LogP contribution is 2.30. The van der Waals surface area contributed by atoms with Crippen LogP contribution >= 0.6 is 0 Å². The Kier molecular flexibility index (Phi) is 6.20. The zero-order chi connectivity index (χ0) is 18.4. The standard InChI is InChI=1S/C19H26N4O3/c1-2-3-10-20-18(24)14-6-4-5-7-15(14)19(25)21-12-13-8-9-16-17(11-13)23-26-22-16/h8-9,11,14-15H,2-7,10,12H2,1H3,(H,20,24)(H,21,25). The first-order chi connectivity index (χ1) is 12.7. The Morgan fingerprint density at radius 1 is 1.08 bits per heavy atom. The van der Waals surface area contributed by atoms with E-state index in [1.165, 1.54) is 0 Å². The van der Waals surface area contributed by atoms with Gasteiger partial charge in [0.15, 0.2) is 0 Å². The number of unbranched alkanes of at least 4 members (excludes halogenated alkanes) is 1. The van der Waals surface area contributed by atoms with E-state index in [0.717, 1.165) is 44.1 Å². The molecule has 2 N–H and O–H groups in total. The molecule has 0 spiro atoms. The minimum Gasteiger partial charge on any atom is -0.356 e. The van der Waals surface area contributed by atoms with Gasteiger partial charge in [-0.1, -0.05) is 32.3 Å². The summed E-state index contributed by atoms with van der Waals surface area (Å²) >= 11 is 0. The van der Waals surface area contributed by atoms with Gasteiger partial charge in [0.1, 0.15) is 11.0 Å². The van der Waals surface area contributed by atoms with Crippen molar-refractivity contribution in [1.82, 2.24) is 20.9 Å². The van der Waals surface area contributed by atoms with Crippen molar-refractivity contribution in [2.45, 2.75) is 52.0 Å². The van der Waals surface area contributed by atoms with Crippen LogP contribution in [0.15, 0.2) is 22.8 Å². The summed E-state index contributed by atoms with van der Waals surface area (Å²) in [5, 5.41) is 13.6. The van der Waals surface area contributed by atoms with Crippen LogP contribution in [0, 0.1) is 11.8 Å². The van der Waals surface area contributed by atoms with E-state index >= 15 is 0 Å². The molecule has 1 aliphatic carbocycles. The number of nitrogens with zero attached hydrogens (tertiary/aromatic N) is 2. The lowest BCUT2D eigenvalue weighted by Gasteiger charge is -2.29. The fourth-order valence-electron chi connectivity index (χ4n) is 3.54. The summed E-state index contributed by atoms with van der Waals surface area (Å²) in [7, 11) is 0. The summed E-state index contributed by atoms with van der Waals surface area (Å²) in [5.41, 5.74) is 2.29. The first-order valence-electron chi connectivity index (χ1n) is 9.45. The predicted molar refractivity (Wildman–Crippen MR) is 97.0 cm³/mol. The van der Waals surface area contributed by atoms with Crippen LogP contribution in [0.4, 0.5) is 0 Å². The average molecular weight is 358 g/mol. The van der Waals surface area contributed by atoms with Crippen LogP contribution in [0.2, 0.25) is 0 Å². The molecule has 1 aliphatic rings. The number of hydrogen-bond donors (Lipinski definition) is 2. The molecule has 7 nitrogen and oxygen atoms in total. The molecule has 26 heavy (non-hydrogen) atoms. The van der Waals surface area contributed by atoms with Gasteiger partial charge in [0, 0.05) is 24.9 Å². The molecule has 1 fully saturated rings. The average Bonchev–Trinajstić information content (AvgIpc) is 3.14. The molecule has 2 aromatic rings. The maximum absolute atomic E-state index is 12.7. The highest BCUT2D eigenvalue weighted by molar-refractivity contribution is 5.88. The van der Waals surface area contributed by atoms with E-state index in [1.807, 2.05) is 18.2 Å². The molecular weight excluding hydrogens is 332 g/mol. The number of fused-ring (bicyclic) bond motifs is 1. The fourth-order valence-corrected chi connectivity index (χ4v) is 3.54. The monoisotopic (exact) mass is 358 g/mol. The molecule has 0 bridgehead atoms. The second kappa shape index (κ2) is 8.78. The zero-order valence-electron chi connectivity index (χ0n) is 15.2. The Hall–Kier alpha value is -2.44. The summed E-state index contributed by atoms with van der Waals surface area (Å²) in [5.74, 6) is -0.488. The third-order valence-electron chi connectivity index (χ3n) is 5.05. The Bertz CT molecular complexity index is 758. The van der Waals surface area contributed by atoms with Crippen LogP contribution in [0.3, 0.4) is 0 Å². The van der Waals surface area contributed by atoms with Gasteiger partial charge in [0.2, 0.25) is 11.8 Å². The molecule has 2 amide bonds. The van der Waals surface area contributed by atoms with Gasteiger partial charge < -0.3 is 10.6 Å². The van der Waals surface area contributed by atoms with Gasteiger partial charge in [0.25, 0.3) is 0 Å². The molecule has 0 saturated heterocycles. The molecule has 2 atom stereocenters. The third-order valence-corrected chi connectivity index (χ3v) is 5.05. The maximum atomic E-state index is 12.7.